The minimum atomic E-state index is -0.935. The molecule has 1 fully saturated rings. The number of hydrogen-bond donors (Lipinski definition) is 2. The molecule has 1 atom stereocenters. The van der Waals surface area contributed by atoms with E-state index in [4.69, 9.17) is 31.2 Å². The molecule has 0 bridgehead atoms. The van der Waals surface area contributed by atoms with Crippen LogP contribution in [0, 0.1) is 5.82 Å². The van der Waals surface area contributed by atoms with Crippen LogP contribution in [-0.2, 0) is 19.1 Å². The van der Waals surface area contributed by atoms with E-state index in [9.17, 15) is 14.0 Å². The van der Waals surface area contributed by atoms with Gasteiger partial charge in [-0.25, -0.2) is 19.0 Å². The zero-order chi connectivity index (χ0) is 26.9. The van der Waals surface area contributed by atoms with Crippen LogP contribution in [0.5, 0.6) is 0 Å². The number of carboxylic acids is 1. The first kappa shape index (κ1) is 28.5. The van der Waals surface area contributed by atoms with E-state index in [0.717, 1.165) is 13.1 Å². The van der Waals surface area contributed by atoms with Gasteiger partial charge in [-0.05, 0) is 26.0 Å². The van der Waals surface area contributed by atoms with E-state index in [1.807, 2.05) is 5.38 Å². The third-order valence-corrected chi connectivity index (χ3v) is 6.47. The Morgan fingerprint density at radius 1 is 1.38 bits per heavy atom. The molecule has 0 spiro atoms. The monoisotopic (exact) mass is 550 g/mol. The van der Waals surface area contributed by atoms with E-state index < -0.39 is 23.8 Å². The maximum atomic E-state index is 13.7. The molecule has 2 N–H and O–H groups in total. The number of benzene rings is 1. The molecule has 198 valence electrons. The minimum absolute atomic E-state index is 0.176. The Labute approximate surface area is 223 Å². The maximum Gasteiger partial charge on any atom is 0.338 e. The molecule has 0 amide bonds. The summed E-state index contributed by atoms with van der Waals surface area (Å²) >= 11 is 7.81. The summed E-state index contributed by atoms with van der Waals surface area (Å²) in [7, 11) is 0. The van der Waals surface area contributed by atoms with Crippen molar-refractivity contribution in [2.75, 3.05) is 39.5 Å². The van der Waals surface area contributed by atoms with E-state index in [0.29, 0.717) is 47.4 Å². The Morgan fingerprint density at radius 3 is 2.65 bits per heavy atom. The number of aromatic nitrogens is 1. The van der Waals surface area contributed by atoms with Crippen LogP contribution in [0.4, 0.5) is 4.39 Å². The Kier molecular flexibility index (Phi) is 10.3. The van der Waals surface area contributed by atoms with Gasteiger partial charge in [0.2, 0.25) is 0 Å². The SMILES string of the molecule is C=C(C)C(=O)O.CCOC(=O)C1=C(CN2CCOCC2)NC(c2nccs2)=N[C@H]1c1ccc(F)cc1Cl. The average Bonchev–Trinajstić information content (AvgIpc) is 3.40. The van der Waals surface area contributed by atoms with Crippen molar-refractivity contribution in [1.29, 1.82) is 0 Å². The lowest BCUT2D eigenvalue weighted by atomic mass is 9.95. The van der Waals surface area contributed by atoms with Gasteiger partial charge in [-0.3, -0.25) is 9.89 Å². The minimum Gasteiger partial charge on any atom is -0.478 e. The van der Waals surface area contributed by atoms with Gasteiger partial charge in [-0.1, -0.05) is 24.2 Å². The van der Waals surface area contributed by atoms with Crippen molar-refractivity contribution in [3.05, 3.63) is 74.6 Å². The van der Waals surface area contributed by atoms with Gasteiger partial charge < -0.3 is 19.9 Å². The van der Waals surface area contributed by atoms with Crippen LogP contribution in [0.1, 0.15) is 30.5 Å². The van der Waals surface area contributed by atoms with Gasteiger partial charge >= 0.3 is 11.9 Å². The second-order valence-electron chi connectivity index (χ2n) is 8.10. The molecule has 2 aliphatic heterocycles. The van der Waals surface area contributed by atoms with Crippen LogP contribution in [-0.4, -0.2) is 72.2 Å². The van der Waals surface area contributed by atoms with Crippen LogP contribution < -0.4 is 5.32 Å². The van der Waals surface area contributed by atoms with Crippen LogP contribution in [0.2, 0.25) is 5.02 Å². The zero-order valence-electron chi connectivity index (χ0n) is 20.5. The maximum absolute atomic E-state index is 13.7. The topological polar surface area (TPSA) is 113 Å². The number of morpholine rings is 1. The standard InChI is InChI=1S/C21H22ClFN4O3S.C4H6O2/c1-2-30-21(28)17-16(12-27-6-8-29-9-7-27)25-19(20-24-5-10-31-20)26-18(17)14-4-3-13(23)11-15(14)22;1-3(2)4(5)6/h3-5,10-11,18H,2,6-9,12H2,1H3,(H,25,26);1H2,2H3,(H,5,6)/t18-;/m0./s1. The van der Waals surface area contributed by atoms with Crippen molar-refractivity contribution in [2.24, 2.45) is 4.99 Å². The normalized spacial score (nSPS) is 17.7. The number of esters is 1. The van der Waals surface area contributed by atoms with Crippen LogP contribution in [0.25, 0.3) is 0 Å². The number of aliphatic carboxylic acids is 1. The summed E-state index contributed by atoms with van der Waals surface area (Å²) in [5.74, 6) is -1.33. The summed E-state index contributed by atoms with van der Waals surface area (Å²) in [6.07, 6.45) is 1.69. The van der Waals surface area contributed by atoms with E-state index in [-0.39, 0.29) is 17.2 Å². The van der Waals surface area contributed by atoms with Gasteiger partial charge in [0.05, 0.1) is 25.4 Å². The molecule has 0 saturated carbocycles. The molecule has 2 aliphatic rings. The highest BCUT2D eigenvalue weighted by molar-refractivity contribution is 7.11. The molecular formula is C25H28ClFN4O5S. The third-order valence-electron chi connectivity index (χ3n) is 5.36. The molecule has 0 unspecified atom stereocenters. The van der Waals surface area contributed by atoms with Crippen LogP contribution in [0.3, 0.4) is 0 Å². The number of hydrogen-bond acceptors (Lipinski definition) is 9. The molecule has 1 aromatic heterocycles. The Balaban J connectivity index is 0.000000568. The number of ether oxygens (including phenoxy) is 2. The number of carbonyl (C=O) groups is 2. The first-order valence-electron chi connectivity index (χ1n) is 11.5. The molecule has 1 aromatic carbocycles. The Morgan fingerprint density at radius 2 is 2.08 bits per heavy atom. The average molecular weight is 551 g/mol. The number of nitrogens with one attached hydrogen (secondary N) is 1. The van der Waals surface area contributed by atoms with Crippen LogP contribution >= 0.6 is 22.9 Å². The van der Waals surface area contributed by atoms with E-state index in [1.165, 1.54) is 30.4 Å². The lowest BCUT2D eigenvalue weighted by Crippen LogP contribution is -2.43. The fourth-order valence-corrected chi connectivity index (χ4v) is 4.41. The molecule has 4 rings (SSSR count). The van der Waals surface area contributed by atoms with Gasteiger partial charge in [0.25, 0.3) is 0 Å². The molecular weight excluding hydrogens is 523 g/mol. The fraction of sp³-hybridized carbons (Fsp3) is 0.360. The first-order chi connectivity index (χ1) is 17.7. The van der Waals surface area contributed by atoms with Crippen molar-refractivity contribution >= 4 is 40.7 Å². The second-order valence-corrected chi connectivity index (χ2v) is 9.40. The second kappa shape index (κ2) is 13.4. The molecule has 2 aromatic rings. The van der Waals surface area contributed by atoms with Crippen molar-refractivity contribution in [3.8, 4) is 0 Å². The Bertz CT molecular complexity index is 1180. The lowest BCUT2D eigenvalue weighted by molar-refractivity contribution is -0.139. The summed E-state index contributed by atoms with van der Waals surface area (Å²) in [6, 6.07) is 3.35. The highest BCUT2D eigenvalue weighted by Gasteiger charge is 2.34. The number of amidine groups is 1. The zero-order valence-corrected chi connectivity index (χ0v) is 22.1. The molecule has 12 heteroatoms. The van der Waals surface area contributed by atoms with Crippen molar-refractivity contribution in [1.82, 2.24) is 15.2 Å². The predicted octanol–water partition coefficient (Wildman–Crippen LogP) is 3.82. The predicted molar refractivity (Wildman–Crippen MR) is 139 cm³/mol. The molecule has 1 saturated heterocycles. The number of carboxylic acid groups (broad SMARTS) is 1. The quantitative estimate of drug-likeness (QED) is 0.395. The number of thiazole rings is 1. The van der Waals surface area contributed by atoms with Gasteiger partial charge in [0.1, 0.15) is 11.9 Å². The molecule has 0 radical (unpaired) electrons. The van der Waals surface area contributed by atoms with E-state index >= 15 is 0 Å². The number of carbonyl (C=O) groups excluding carboxylic acids is 1. The molecule has 9 nitrogen and oxygen atoms in total. The summed E-state index contributed by atoms with van der Waals surface area (Å²) in [5, 5.41) is 13.9. The smallest absolute Gasteiger partial charge is 0.338 e. The van der Waals surface area contributed by atoms with Gasteiger partial charge in [0.15, 0.2) is 10.8 Å². The summed E-state index contributed by atoms with van der Waals surface area (Å²) in [6.45, 7) is 9.80. The summed E-state index contributed by atoms with van der Waals surface area (Å²) in [4.78, 5) is 33.9. The number of nitrogens with zero attached hydrogens (tertiary/aromatic N) is 3. The fourth-order valence-electron chi connectivity index (χ4n) is 3.55. The first-order valence-corrected chi connectivity index (χ1v) is 12.8. The largest absolute Gasteiger partial charge is 0.478 e. The van der Waals surface area contributed by atoms with Crippen molar-refractivity contribution in [2.45, 2.75) is 19.9 Å². The summed E-state index contributed by atoms with van der Waals surface area (Å²) in [5.41, 5.74) is 1.74. The highest BCUT2D eigenvalue weighted by Crippen LogP contribution is 2.36. The van der Waals surface area contributed by atoms with E-state index in [1.54, 1.807) is 19.2 Å². The molecule has 3 heterocycles. The van der Waals surface area contributed by atoms with Crippen molar-refractivity contribution < 1.29 is 28.6 Å². The van der Waals surface area contributed by atoms with Gasteiger partial charge in [-0.2, -0.15) is 0 Å². The van der Waals surface area contributed by atoms with Crippen molar-refractivity contribution in [3.63, 3.8) is 0 Å². The molecule has 0 aliphatic carbocycles. The molecule has 37 heavy (non-hydrogen) atoms. The lowest BCUT2D eigenvalue weighted by Gasteiger charge is -2.32. The van der Waals surface area contributed by atoms with Gasteiger partial charge in [-0.15, -0.1) is 11.3 Å². The number of rotatable bonds is 7. The number of aliphatic imine (C=N–C) groups is 1. The summed E-state index contributed by atoms with van der Waals surface area (Å²) < 4.78 is 24.5. The number of halogens is 2. The third kappa shape index (κ3) is 7.68. The van der Waals surface area contributed by atoms with Gasteiger partial charge in [0, 0.05) is 53.1 Å². The highest BCUT2D eigenvalue weighted by atomic mass is 35.5. The van der Waals surface area contributed by atoms with E-state index in [2.05, 4.69) is 21.8 Å². The van der Waals surface area contributed by atoms with Crippen LogP contribution in [0.15, 0.2) is 58.2 Å². The Hall–Kier alpha value is -3.12.